The third-order valence-electron chi connectivity index (χ3n) is 2.61. The van der Waals surface area contributed by atoms with Crippen molar-refractivity contribution in [2.24, 2.45) is 5.84 Å². The van der Waals surface area contributed by atoms with Gasteiger partial charge in [0.05, 0.1) is 0 Å². The van der Waals surface area contributed by atoms with E-state index < -0.39 is 0 Å². The lowest BCUT2D eigenvalue weighted by molar-refractivity contribution is 0.318. The van der Waals surface area contributed by atoms with Crippen molar-refractivity contribution in [1.29, 1.82) is 0 Å². The first-order valence-electron chi connectivity index (χ1n) is 5.87. The van der Waals surface area contributed by atoms with E-state index in [4.69, 9.17) is 5.84 Å². The van der Waals surface area contributed by atoms with Crippen LogP contribution in [0.5, 0.6) is 0 Å². The van der Waals surface area contributed by atoms with Gasteiger partial charge in [0.2, 0.25) is 0 Å². The average Bonchev–Trinajstić information content (AvgIpc) is 2.30. The lowest BCUT2D eigenvalue weighted by atomic mass is 10.2. The molecule has 0 fully saturated rings. The smallest absolute Gasteiger partial charge is 0.144 e. The molecule has 90 valence electrons. The minimum absolute atomic E-state index is 0.768. The van der Waals surface area contributed by atoms with Gasteiger partial charge in [-0.05, 0) is 26.1 Å². The summed E-state index contributed by atoms with van der Waals surface area (Å²) in [5.41, 5.74) is 3.77. The van der Waals surface area contributed by atoms with Gasteiger partial charge in [-0.3, -0.25) is 0 Å². The van der Waals surface area contributed by atoms with Gasteiger partial charge in [0.1, 0.15) is 5.82 Å². The first-order chi connectivity index (χ1) is 7.77. The second-order valence-electron chi connectivity index (χ2n) is 4.10. The molecule has 1 aromatic heterocycles. The van der Waals surface area contributed by atoms with Crippen LogP contribution in [-0.4, -0.2) is 23.5 Å². The van der Waals surface area contributed by atoms with E-state index in [0.717, 1.165) is 24.5 Å². The van der Waals surface area contributed by atoms with Crippen molar-refractivity contribution < 1.29 is 0 Å². The highest BCUT2D eigenvalue weighted by Gasteiger charge is 2.04. The largest absolute Gasteiger partial charge is 0.308 e. The number of pyridine rings is 1. The summed E-state index contributed by atoms with van der Waals surface area (Å²) in [6, 6.07) is 3.99. The van der Waals surface area contributed by atoms with E-state index in [-0.39, 0.29) is 0 Å². The molecule has 0 aromatic carbocycles. The second-order valence-corrected chi connectivity index (χ2v) is 4.10. The Labute approximate surface area is 97.8 Å². The van der Waals surface area contributed by atoms with Gasteiger partial charge in [-0.15, -0.1) is 0 Å². The molecule has 0 spiro atoms. The van der Waals surface area contributed by atoms with Crippen LogP contribution in [0, 0.1) is 0 Å². The zero-order valence-corrected chi connectivity index (χ0v) is 10.2. The summed E-state index contributed by atoms with van der Waals surface area (Å²) in [4.78, 5) is 6.48. The molecule has 0 saturated heterocycles. The highest BCUT2D eigenvalue weighted by molar-refractivity contribution is 5.42. The third kappa shape index (κ3) is 4.16. The molecule has 1 aromatic rings. The van der Waals surface area contributed by atoms with Crippen LogP contribution in [0.25, 0.3) is 0 Å². The number of hydrogen-bond donors (Lipinski definition) is 2. The van der Waals surface area contributed by atoms with Crippen LogP contribution in [-0.2, 0) is 6.54 Å². The molecular formula is C12H22N4. The summed E-state index contributed by atoms with van der Waals surface area (Å²) in [7, 11) is 2.13. The van der Waals surface area contributed by atoms with Crippen molar-refractivity contribution in [3.63, 3.8) is 0 Å². The van der Waals surface area contributed by atoms with Gasteiger partial charge in [0.15, 0.2) is 0 Å². The number of nitrogen functional groups attached to an aromatic ring is 1. The fourth-order valence-electron chi connectivity index (χ4n) is 1.70. The number of anilines is 1. The van der Waals surface area contributed by atoms with E-state index in [9.17, 15) is 0 Å². The summed E-state index contributed by atoms with van der Waals surface area (Å²) in [5.74, 6) is 6.19. The lowest BCUT2D eigenvalue weighted by Crippen LogP contribution is -2.21. The third-order valence-corrected chi connectivity index (χ3v) is 2.61. The van der Waals surface area contributed by atoms with Gasteiger partial charge in [-0.2, -0.15) is 0 Å². The molecule has 0 aliphatic carbocycles. The molecule has 0 aliphatic heterocycles. The van der Waals surface area contributed by atoms with Crippen molar-refractivity contribution in [1.82, 2.24) is 9.88 Å². The number of nitrogens with one attached hydrogen (secondary N) is 1. The predicted octanol–water partition coefficient (Wildman–Crippen LogP) is 1.99. The Hall–Kier alpha value is -1.13. The molecule has 1 rings (SSSR count). The van der Waals surface area contributed by atoms with Gasteiger partial charge < -0.3 is 10.3 Å². The summed E-state index contributed by atoms with van der Waals surface area (Å²) in [6.07, 6.45) is 5.55. The van der Waals surface area contributed by atoms with Crippen LogP contribution >= 0.6 is 0 Å². The van der Waals surface area contributed by atoms with Crippen molar-refractivity contribution in [3.05, 3.63) is 23.9 Å². The van der Waals surface area contributed by atoms with E-state index >= 15 is 0 Å². The molecule has 0 radical (unpaired) electrons. The van der Waals surface area contributed by atoms with Crippen molar-refractivity contribution >= 4 is 5.82 Å². The lowest BCUT2D eigenvalue weighted by Gasteiger charge is -2.17. The average molecular weight is 222 g/mol. The van der Waals surface area contributed by atoms with Gasteiger partial charge in [-0.1, -0.05) is 25.8 Å². The number of rotatable bonds is 7. The summed E-state index contributed by atoms with van der Waals surface area (Å²) in [5, 5.41) is 0. The highest BCUT2D eigenvalue weighted by Crippen LogP contribution is 2.12. The van der Waals surface area contributed by atoms with Crippen molar-refractivity contribution in [3.8, 4) is 0 Å². The van der Waals surface area contributed by atoms with E-state index in [2.05, 4.69) is 35.3 Å². The maximum absolute atomic E-state index is 5.42. The first kappa shape index (κ1) is 12.9. The molecule has 3 N–H and O–H groups in total. The SMILES string of the molecule is CCCCCN(C)Cc1cccnc1NN. The van der Waals surface area contributed by atoms with Crippen LogP contribution < -0.4 is 11.3 Å². The quantitative estimate of drug-likeness (QED) is 0.421. The standard InChI is InChI=1S/C12H22N4/c1-3-4-5-9-16(2)10-11-7-6-8-14-12(11)15-13/h6-8H,3-5,9-10,13H2,1-2H3,(H,14,15). The van der Waals surface area contributed by atoms with Crippen LogP contribution in [0.2, 0.25) is 0 Å². The van der Waals surface area contributed by atoms with Crippen LogP contribution in [0.4, 0.5) is 5.82 Å². The van der Waals surface area contributed by atoms with Crippen LogP contribution in [0.3, 0.4) is 0 Å². The summed E-state index contributed by atoms with van der Waals surface area (Å²) >= 11 is 0. The Balaban J connectivity index is 2.45. The number of hydrogen-bond acceptors (Lipinski definition) is 4. The fourth-order valence-corrected chi connectivity index (χ4v) is 1.70. The number of hydrazine groups is 1. The molecule has 0 unspecified atom stereocenters. The maximum Gasteiger partial charge on any atom is 0.144 e. The Morgan fingerprint density at radius 1 is 1.44 bits per heavy atom. The van der Waals surface area contributed by atoms with Gasteiger partial charge >= 0.3 is 0 Å². The fraction of sp³-hybridized carbons (Fsp3) is 0.583. The van der Waals surface area contributed by atoms with Crippen molar-refractivity contribution in [2.75, 3.05) is 19.0 Å². The Morgan fingerprint density at radius 3 is 2.94 bits per heavy atom. The Bertz CT molecular complexity index is 301. The maximum atomic E-state index is 5.42. The number of unbranched alkanes of at least 4 members (excludes halogenated alkanes) is 2. The summed E-state index contributed by atoms with van der Waals surface area (Å²) < 4.78 is 0. The molecule has 0 saturated carbocycles. The van der Waals surface area contributed by atoms with Gasteiger partial charge in [-0.25, -0.2) is 10.8 Å². The number of nitrogens with two attached hydrogens (primary N) is 1. The molecule has 0 amide bonds. The molecule has 0 bridgehead atoms. The zero-order valence-electron chi connectivity index (χ0n) is 10.2. The van der Waals surface area contributed by atoms with Crippen LogP contribution in [0.1, 0.15) is 31.7 Å². The Kier molecular flexibility index (Phi) is 5.82. The first-order valence-corrected chi connectivity index (χ1v) is 5.87. The monoisotopic (exact) mass is 222 g/mol. The van der Waals surface area contributed by atoms with Crippen molar-refractivity contribution in [2.45, 2.75) is 32.7 Å². The highest BCUT2D eigenvalue weighted by atomic mass is 15.3. The molecule has 4 heteroatoms. The van der Waals surface area contributed by atoms with Gasteiger partial charge in [0, 0.05) is 18.3 Å². The van der Waals surface area contributed by atoms with E-state index in [0.29, 0.717) is 0 Å². The van der Waals surface area contributed by atoms with E-state index in [1.165, 1.54) is 19.3 Å². The van der Waals surface area contributed by atoms with E-state index in [1.807, 2.05) is 6.07 Å². The zero-order chi connectivity index (χ0) is 11.8. The van der Waals surface area contributed by atoms with Crippen LogP contribution in [0.15, 0.2) is 18.3 Å². The second kappa shape index (κ2) is 7.19. The molecule has 1 heterocycles. The molecule has 16 heavy (non-hydrogen) atoms. The number of aromatic nitrogens is 1. The van der Waals surface area contributed by atoms with E-state index in [1.54, 1.807) is 6.20 Å². The summed E-state index contributed by atoms with van der Waals surface area (Å²) in [6.45, 7) is 4.22. The topological polar surface area (TPSA) is 54.2 Å². The minimum atomic E-state index is 0.768. The molecule has 0 aliphatic rings. The molecular weight excluding hydrogens is 200 g/mol. The van der Waals surface area contributed by atoms with Gasteiger partial charge in [0.25, 0.3) is 0 Å². The molecule has 4 nitrogen and oxygen atoms in total. The molecule has 0 atom stereocenters. The Morgan fingerprint density at radius 2 is 2.25 bits per heavy atom. The minimum Gasteiger partial charge on any atom is -0.308 e. The predicted molar refractivity (Wildman–Crippen MR) is 67.9 cm³/mol. The number of nitrogens with zero attached hydrogens (tertiary/aromatic N) is 2. The normalized spacial score (nSPS) is 10.8.